The van der Waals surface area contributed by atoms with E-state index in [9.17, 15) is 4.79 Å². The monoisotopic (exact) mass is 251 g/mol. The van der Waals surface area contributed by atoms with Gasteiger partial charge in [0.15, 0.2) is 0 Å². The van der Waals surface area contributed by atoms with E-state index >= 15 is 0 Å². The first-order valence-electron chi connectivity index (χ1n) is 6.04. The lowest BCUT2D eigenvalue weighted by Gasteiger charge is -2.01. The summed E-state index contributed by atoms with van der Waals surface area (Å²) < 4.78 is 1.86. The number of aryl methyl sites for hydroxylation is 1. The molecule has 4 heteroatoms. The van der Waals surface area contributed by atoms with Crippen molar-refractivity contribution in [1.82, 2.24) is 9.38 Å². The van der Waals surface area contributed by atoms with Gasteiger partial charge in [0.1, 0.15) is 11.3 Å². The van der Waals surface area contributed by atoms with E-state index in [0.717, 1.165) is 16.9 Å². The molecule has 0 saturated heterocycles. The van der Waals surface area contributed by atoms with E-state index in [-0.39, 0.29) is 5.91 Å². The standard InChI is InChI=1S/C15H13N3O/c1-11-7-8-14-17-13(10-18(14)9-11)15(19)16-12-5-3-2-4-6-12/h2-10H,1H3,(H,16,19). The van der Waals surface area contributed by atoms with Gasteiger partial charge in [-0.2, -0.15) is 0 Å². The van der Waals surface area contributed by atoms with E-state index in [2.05, 4.69) is 10.3 Å². The number of nitrogens with one attached hydrogen (secondary N) is 1. The minimum Gasteiger partial charge on any atom is -0.321 e. The van der Waals surface area contributed by atoms with E-state index in [1.54, 1.807) is 6.20 Å². The molecule has 0 aliphatic carbocycles. The molecule has 3 rings (SSSR count). The van der Waals surface area contributed by atoms with Crippen LogP contribution >= 0.6 is 0 Å². The summed E-state index contributed by atoms with van der Waals surface area (Å²) in [5.74, 6) is -0.201. The lowest BCUT2D eigenvalue weighted by molar-refractivity contribution is 0.102. The number of para-hydroxylation sites is 1. The van der Waals surface area contributed by atoms with Crippen LogP contribution in [0.1, 0.15) is 16.1 Å². The zero-order valence-electron chi connectivity index (χ0n) is 10.5. The van der Waals surface area contributed by atoms with Gasteiger partial charge in [0.05, 0.1) is 0 Å². The number of pyridine rings is 1. The number of benzene rings is 1. The normalized spacial score (nSPS) is 10.6. The molecule has 94 valence electrons. The molecule has 1 N–H and O–H groups in total. The highest BCUT2D eigenvalue weighted by Crippen LogP contribution is 2.10. The molecule has 0 aliphatic rings. The summed E-state index contributed by atoms with van der Waals surface area (Å²) in [4.78, 5) is 16.4. The third kappa shape index (κ3) is 2.33. The molecule has 0 unspecified atom stereocenters. The van der Waals surface area contributed by atoms with Crippen molar-refractivity contribution in [2.45, 2.75) is 6.92 Å². The number of fused-ring (bicyclic) bond motifs is 1. The maximum Gasteiger partial charge on any atom is 0.275 e. The molecule has 0 fully saturated rings. The number of imidazole rings is 1. The minimum atomic E-state index is -0.201. The van der Waals surface area contributed by atoms with Gasteiger partial charge in [-0.15, -0.1) is 0 Å². The quantitative estimate of drug-likeness (QED) is 0.761. The summed E-state index contributed by atoms with van der Waals surface area (Å²) in [6.45, 7) is 2.00. The molecule has 0 atom stereocenters. The van der Waals surface area contributed by atoms with Crippen LogP contribution < -0.4 is 5.32 Å². The fraction of sp³-hybridized carbons (Fsp3) is 0.0667. The van der Waals surface area contributed by atoms with Gasteiger partial charge in [-0.05, 0) is 30.7 Å². The first kappa shape index (κ1) is 11.5. The number of carbonyl (C=O) groups excluding carboxylic acids is 1. The highest BCUT2D eigenvalue weighted by molar-refractivity contribution is 6.03. The van der Waals surface area contributed by atoms with Crippen molar-refractivity contribution in [2.24, 2.45) is 0 Å². The second-order valence-corrected chi connectivity index (χ2v) is 4.42. The molecule has 1 amide bonds. The van der Waals surface area contributed by atoms with Crippen LogP contribution in [0.25, 0.3) is 5.65 Å². The van der Waals surface area contributed by atoms with Crippen molar-refractivity contribution in [3.63, 3.8) is 0 Å². The zero-order chi connectivity index (χ0) is 13.2. The molecule has 0 bridgehead atoms. The number of anilines is 1. The van der Waals surface area contributed by atoms with Crippen molar-refractivity contribution in [2.75, 3.05) is 5.32 Å². The number of carbonyl (C=O) groups is 1. The molecule has 2 heterocycles. The van der Waals surface area contributed by atoms with E-state index < -0.39 is 0 Å². The Hall–Kier alpha value is -2.62. The van der Waals surface area contributed by atoms with Crippen LogP contribution in [-0.4, -0.2) is 15.3 Å². The van der Waals surface area contributed by atoms with Crippen LogP contribution in [0.5, 0.6) is 0 Å². The van der Waals surface area contributed by atoms with Crippen molar-refractivity contribution >= 4 is 17.2 Å². The van der Waals surface area contributed by atoms with Crippen LogP contribution in [0, 0.1) is 6.92 Å². The van der Waals surface area contributed by atoms with Crippen LogP contribution in [0.15, 0.2) is 54.9 Å². The fourth-order valence-electron chi connectivity index (χ4n) is 1.93. The Labute approximate surface area is 110 Å². The van der Waals surface area contributed by atoms with Gasteiger partial charge in [-0.3, -0.25) is 4.79 Å². The molecule has 2 aromatic heterocycles. The second kappa shape index (κ2) is 4.57. The van der Waals surface area contributed by atoms with E-state index in [0.29, 0.717) is 5.69 Å². The number of hydrogen-bond donors (Lipinski definition) is 1. The number of rotatable bonds is 2. The molecular formula is C15H13N3O. The molecule has 0 saturated carbocycles. The molecule has 0 aliphatic heterocycles. The first-order valence-corrected chi connectivity index (χ1v) is 6.04. The minimum absolute atomic E-state index is 0.201. The molecule has 3 aromatic rings. The average Bonchev–Trinajstić information content (AvgIpc) is 2.83. The number of amides is 1. The Balaban J connectivity index is 1.89. The van der Waals surface area contributed by atoms with Crippen molar-refractivity contribution < 1.29 is 4.79 Å². The van der Waals surface area contributed by atoms with Gasteiger partial charge in [-0.25, -0.2) is 4.98 Å². The summed E-state index contributed by atoms with van der Waals surface area (Å²) in [5, 5.41) is 2.82. The predicted octanol–water partition coefficient (Wildman–Crippen LogP) is 2.90. The average molecular weight is 251 g/mol. The molecule has 0 radical (unpaired) electrons. The Bertz CT molecular complexity index is 731. The molecule has 19 heavy (non-hydrogen) atoms. The fourth-order valence-corrected chi connectivity index (χ4v) is 1.93. The number of hydrogen-bond acceptors (Lipinski definition) is 2. The Kier molecular flexibility index (Phi) is 2.76. The lowest BCUT2D eigenvalue weighted by atomic mass is 10.3. The van der Waals surface area contributed by atoms with Crippen molar-refractivity contribution in [3.8, 4) is 0 Å². The van der Waals surface area contributed by atoms with Gasteiger partial charge >= 0.3 is 0 Å². The predicted molar refractivity (Wildman–Crippen MR) is 74.3 cm³/mol. The Morgan fingerprint density at radius 1 is 1.11 bits per heavy atom. The summed E-state index contributed by atoms with van der Waals surface area (Å²) in [5.41, 5.74) is 3.07. The highest BCUT2D eigenvalue weighted by Gasteiger charge is 2.10. The van der Waals surface area contributed by atoms with Crippen LogP contribution in [-0.2, 0) is 0 Å². The topological polar surface area (TPSA) is 46.4 Å². The molecule has 0 spiro atoms. The lowest BCUT2D eigenvalue weighted by Crippen LogP contribution is -2.11. The zero-order valence-corrected chi connectivity index (χ0v) is 10.5. The highest BCUT2D eigenvalue weighted by atomic mass is 16.1. The summed E-state index contributed by atoms with van der Waals surface area (Å²) in [7, 11) is 0. The first-order chi connectivity index (χ1) is 9.22. The third-order valence-corrected chi connectivity index (χ3v) is 2.86. The SMILES string of the molecule is Cc1ccc2nc(C(=O)Nc3ccccc3)cn2c1. The van der Waals surface area contributed by atoms with E-state index in [1.807, 2.05) is 60.0 Å². The van der Waals surface area contributed by atoms with E-state index in [4.69, 9.17) is 0 Å². The van der Waals surface area contributed by atoms with Gasteiger partial charge in [-0.1, -0.05) is 24.3 Å². The number of aromatic nitrogens is 2. The van der Waals surface area contributed by atoms with Gasteiger partial charge in [0.2, 0.25) is 0 Å². The van der Waals surface area contributed by atoms with Gasteiger partial charge in [0, 0.05) is 18.1 Å². The molecule has 4 nitrogen and oxygen atoms in total. The number of nitrogens with zero attached hydrogens (tertiary/aromatic N) is 2. The van der Waals surface area contributed by atoms with Crippen molar-refractivity contribution in [3.05, 3.63) is 66.1 Å². The third-order valence-electron chi connectivity index (χ3n) is 2.86. The van der Waals surface area contributed by atoms with Gasteiger partial charge in [0.25, 0.3) is 5.91 Å². The van der Waals surface area contributed by atoms with E-state index in [1.165, 1.54) is 0 Å². The molecule has 1 aromatic carbocycles. The summed E-state index contributed by atoms with van der Waals surface area (Å²) in [6.07, 6.45) is 3.68. The van der Waals surface area contributed by atoms with Crippen molar-refractivity contribution in [1.29, 1.82) is 0 Å². The maximum absolute atomic E-state index is 12.1. The maximum atomic E-state index is 12.1. The van der Waals surface area contributed by atoms with Crippen LogP contribution in [0.3, 0.4) is 0 Å². The van der Waals surface area contributed by atoms with Crippen LogP contribution in [0.2, 0.25) is 0 Å². The molecular weight excluding hydrogens is 238 g/mol. The summed E-state index contributed by atoms with van der Waals surface area (Å²) >= 11 is 0. The Morgan fingerprint density at radius 2 is 1.89 bits per heavy atom. The second-order valence-electron chi connectivity index (χ2n) is 4.42. The van der Waals surface area contributed by atoms with Crippen LogP contribution in [0.4, 0.5) is 5.69 Å². The van der Waals surface area contributed by atoms with Gasteiger partial charge < -0.3 is 9.72 Å². The Morgan fingerprint density at radius 3 is 2.68 bits per heavy atom. The smallest absolute Gasteiger partial charge is 0.275 e. The largest absolute Gasteiger partial charge is 0.321 e. The summed E-state index contributed by atoms with van der Waals surface area (Å²) in [6, 6.07) is 13.2.